The number of carboxylic acid groups (broad SMARTS) is 1. The van der Waals surface area contributed by atoms with Crippen LogP contribution in [0.5, 0.6) is 0 Å². The molecule has 0 radical (unpaired) electrons. The summed E-state index contributed by atoms with van der Waals surface area (Å²) in [6.45, 7) is 0.688. The van der Waals surface area contributed by atoms with Crippen LogP contribution < -0.4 is 5.32 Å². The van der Waals surface area contributed by atoms with Crippen LogP contribution in [0.3, 0.4) is 0 Å². The molecule has 0 spiro atoms. The van der Waals surface area contributed by atoms with Crippen molar-refractivity contribution in [3.63, 3.8) is 0 Å². The maximum atomic E-state index is 12.1. The number of halogens is 1. The molecule has 1 unspecified atom stereocenters. The maximum absolute atomic E-state index is 12.1. The van der Waals surface area contributed by atoms with Crippen LogP contribution in [0.4, 0.5) is 0 Å². The van der Waals surface area contributed by atoms with Crippen molar-refractivity contribution < 1.29 is 19.4 Å². The van der Waals surface area contributed by atoms with Gasteiger partial charge in [0, 0.05) is 11.6 Å². The highest BCUT2D eigenvalue weighted by molar-refractivity contribution is 6.31. The summed E-state index contributed by atoms with van der Waals surface area (Å²) in [5.41, 5.74) is -0.0828. The van der Waals surface area contributed by atoms with E-state index in [1.54, 1.807) is 24.3 Å². The fourth-order valence-electron chi connectivity index (χ4n) is 2.33. The number of amides is 1. The molecule has 2 rings (SSSR count). The Kier molecular flexibility index (Phi) is 4.62. The van der Waals surface area contributed by atoms with Gasteiger partial charge in [-0.2, -0.15) is 0 Å². The van der Waals surface area contributed by atoms with Crippen LogP contribution >= 0.6 is 11.6 Å². The van der Waals surface area contributed by atoms with Gasteiger partial charge in [0.2, 0.25) is 5.91 Å². The van der Waals surface area contributed by atoms with Crippen LogP contribution in [0, 0.1) is 0 Å². The van der Waals surface area contributed by atoms with Gasteiger partial charge in [0.1, 0.15) is 0 Å². The summed E-state index contributed by atoms with van der Waals surface area (Å²) in [6.07, 6.45) is 0.496. The zero-order valence-corrected chi connectivity index (χ0v) is 11.7. The average molecular weight is 298 g/mol. The highest BCUT2D eigenvalue weighted by Gasteiger charge is 2.38. The Morgan fingerprint density at radius 3 is 2.75 bits per heavy atom. The maximum Gasteiger partial charge on any atom is 0.305 e. The molecule has 0 aliphatic carbocycles. The van der Waals surface area contributed by atoms with Crippen molar-refractivity contribution in [3.05, 3.63) is 34.9 Å². The molecule has 1 atom stereocenters. The molecule has 1 saturated heterocycles. The van der Waals surface area contributed by atoms with Gasteiger partial charge in [-0.15, -0.1) is 0 Å². The first-order valence-corrected chi connectivity index (χ1v) is 6.72. The van der Waals surface area contributed by atoms with Crippen molar-refractivity contribution in [3.8, 4) is 0 Å². The number of rotatable bonds is 5. The second kappa shape index (κ2) is 6.24. The normalized spacial score (nSPS) is 21.6. The van der Waals surface area contributed by atoms with E-state index in [1.807, 2.05) is 0 Å². The zero-order valence-electron chi connectivity index (χ0n) is 10.9. The fraction of sp³-hybridized carbons (Fsp3) is 0.429. The smallest absolute Gasteiger partial charge is 0.305 e. The average Bonchev–Trinajstić information content (AvgIpc) is 2.79. The van der Waals surface area contributed by atoms with E-state index in [2.05, 4.69) is 5.32 Å². The Bertz CT molecular complexity index is 512. The summed E-state index contributed by atoms with van der Waals surface area (Å²) in [7, 11) is 0. The second-order valence-corrected chi connectivity index (χ2v) is 5.38. The Morgan fingerprint density at radius 1 is 1.40 bits per heavy atom. The number of hydrogen-bond acceptors (Lipinski definition) is 3. The van der Waals surface area contributed by atoms with Crippen LogP contribution in [0.2, 0.25) is 5.02 Å². The predicted molar refractivity (Wildman–Crippen MR) is 73.7 cm³/mol. The van der Waals surface area contributed by atoms with E-state index >= 15 is 0 Å². The SMILES string of the molecule is O=C(O)CC1(NC(=O)Cc2ccccc2Cl)CCOC1. The molecule has 0 aromatic heterocycles. The van der Waals surface area contributed by atoms with Crippen LogP contribution in [0.25, 0.3) is 0 Å². The highest BCUT2D eigenvalue weighted by Crippen LogP contribution is 2.23. The van der Waals surface area contributed by atoms with Crippen molar-refractivity contribution in [2.75, 3.05) is 13.2 Å². The van der Waals surface area contributed by atoms with Crippen molar-refractivity contribution >= 4 is 23.5 Å². The van der Waals surface area contributed by atoms with Gasteiger partial charge in [0.05, 0.1) is 25.0 Å². The number of carbonyl (C=O) groups excluding carboxylic acids is 1. The molecule has 1 aromatic carbocycles. The van der Waals surface area contributed by atoms with Crippen LogP contribution in [-0.4, -0.2) is 35.7 Å². The molecule has 0 bridgehead atoms. The lowest BCUT2D eigenvalue weighted by molar-refractivity contribution is -0.139. The lowest BCUT2D eigenvalue weighted by Crippen LogP contribution is -2.51. The molecule has 5 nitrogen and oxygen atoms in total. The van der Waals surface area contributed by atoms with Gasteiger partial charge in [-0.25, -0.2) is 0 Å². The van der Waals surface area contributed by atoms with E-state index in [9.17, 15) is 9.59 Å². The standard InChI is InChI=1S/C14H16ClNO4/c15-11-4-2-1-3-10(11)7-12(17)16-14(8-13(18)19)5-6-20-9-14/h1-4H,5-9H2,(H,16,17)(H,18,19). The first kappa shape index (κ1) is 14.8. The molecule has 1 heterocycles. The molecule has 1 amide bonds. The van der Waals surface area contributed by atoms with Crippen LogP contribution in [0.1, 0.15) is 18.4 Å². The Morgan fingerprint density at radius 2 is 2.15 bits per heavy atom. The molecule has 1 aromatic rings. The summed E-state index contributed by atoms with van der Waals surface area (Å²) in [5.74, 6) is -1.20. The summed E-state index contributed by atoms with van der Waals surface area (Å²) in [6, 6.07) is 7.09. The minimum absolute atomic E-state index is 0.126. The summed E-state index contributed by atoms with van der Waals surface area (Å²) in [5, 5.41) is 12.3. The van der Waals surface area contributed by atoms with E-state index in [4.69, 9.17) is 21.4 Å². The molecule has 2 N–H and O–H groups in total. The van der Waals surface area contributed by atoms with E-state index in [1.165, 1.54) is 0 Å². The number of ether oxygens (including phenoxy) is 1. The number of nitrogens with one attached hydrogen (secondary N) is 1. The van der Waals surface area contributed by atoms with Gasteiger partial charge >= 0.3 is 5.97 Å². The van der Waals surface area contributed by atoms with Gasteiger partial charge in [-0.05, 0) is 18.1 Å². The van der Waals surface area contributed by atoms with E-state index in [0.717, 1.165) is 5.56 Å². The quantitative estimate of drug-likeness (QED) is 0.866. The lowest BCUT2D eigenvalue weighted by Gasteiger charge is -2.27. The molecule has 20 heavy (non-hydrogen) atoms. The van der Waals surface area contributed by atoms with Crippen molar-refractivity contribution in [1.82, 2.24) is 5.32 Å². The van der Waals surface area contributed by atoms with Crippen molar-refractivity contribution in [2.45, 2.75) is 24.8 Å². The fourth-order valence-corrected chi connectivity index (χ4v) is 2.54. The molecule has 1 aliphatic rings. The largest absolute Gasteiger partial charge is 0.481 e. The predicted octanol–water partition coefficient (Wildman–Crippen LogP) is 1.63. The third kappa shape index (κ3) is 3.71. The first-order valence-electron chi connectivity index (χ1n) is 6.35. The molecule has 108 valence electrons. The highest BCUT2D eigenvalue weighted by atomic mass is 35.5. The second-order valence-electron chi connectivity index (χ2n) is 4.97. The number of aliphatic carboxylic acids is 1. The van der Waals surface area contributed by atoms with Gasteiger partial charge < -0.3 is 15.2 Å². The minimum atomic E-state index is -0.950. The molecule has 6 heteroatoms. The summed E-state index contributed by atoms with van der Waals surface area (Å²) >= 11 is 6.01. The Balaban J connectivity index is 2.02. The number of carboxylic acids is 1. The lowest BCUT2D eigenvalue weighted by atomic mass is 9.94. The summed E-state index contributed by atoms with van der Waals surface area (Å²) < 4.78 is 5.23. The Hall–Kier alpha value is -1.59. The third-order valence-corrected chi connectivity index (χ3v) is 3.68. The third-order valence-electron chi connectivity index (χ3n) is 3.31. The van der Waals surface area contributed by atoms with Gasteiger partial charge in [0.15, 0.2) is 0 Å². The van der Waals surface area contributed by atoms with Gasteiger partial charge in [-0.1, -0.05) is 29.8 Å². The molecule has 0 saturated carbocycles. The Labute approximate surface area is 121 Å². The molecular formula is C14H16ClNO4. The monoisotopic (exact) mass is 297 g/mol. The van der Waals surface area contributed by atoms with Crippen molar-refractivity contribution in [1.29, 1.82) is 0 Å². The number of benzene rings is 1. The molecular weight excluding hydrogens is 282 g/mol. The number of hydrogen-bond donors (Lipinski definition) is 2. The van der Waals surface area contributed by atoms with Gasteiger partial charge in [0.25, 0.3) is 0 Å². The van der Waals surface area contributed by atoms with Gasteiger partial charge in [-0.3, -0.25) is 9.59 Å². The van der Waals surface area contributed by atoms with E-state index in [-0.39, 0.29) is 25.4 Å². The minimum Gasteiger partial charge on any atom is -0.481 e. The summed E-state index contributed by atoms with van der Waals surface area (Å²) in [4.78, 5) is 23.0. The van der Waals surface area contributed by atoms with Crippen LogP contribution in [-0.2, 0) is 20.7 Å². The van der Waals surface area contributed by atoms with E-state index in [0.29, 0.717) is 18.1 Å². The number of carbonyl (C=O) groups is 2. The van der Waals surface area contributed by atoms with Crippen molar-refractivity contribution in [2.24, 2.45) is 0 Å². The molecule has 1 fully saturated rings. The zero-order chi connectivity index (χ0) is 14.6. The van der Waals surface area contributed by atoms with Crippen LogP contribution in [0.15, 0.2) is 24.3 Å². The first-order chi connectivity index (χ1) is 9.51. The topological polar surface area (TPSA) is 75.6 Å². The van der Waals surface area contributed by atoms with E-state index < -0.39 is 11.5 Å². The molecule has 1 aliphatic heterocycles.